The maximum absolute atomic E-state index is 12.6. The lowest BCUT2D eigenvalue weighted by Gasteiger charge is -2.14. The lowest BCUT2D eigenvalue weighted by molar-refractivity contribution is 0.0766. The number of rotatable bonds is 4. The van der Waals surface area contributed by atoms with Gasteiger partial charge in [0.1, 0.15) is 0 Å². The van der Waals surface area contributed by atoms with E-state index >= 15 is 0 Å². The van der Waals surface area contributed by atoms with Crippen molar-refractivity contribution < 1.29 is 13.2 Å². The minimum atomic E-state index is -3.67. The number of hydrogen-bond acceptors (Lipinski definition) is 3. The molecule has 0 spiro atoms. The summed E-state index contributed by atoms with van der Waals surface area (Å²) in [5.41, 5.74) is 2.86. The van der Waals surface area contributed by atoms with E-state index in [1.807, 2.05) is 11.8 Å². The van der Waals surface area contributed by atoms with Gasteiger partial charge >= 0.3 is 0 Å². The molecule has 0 saturated heterocycles. The second kappa shape index (κ2) is 5.34. The second-order valence-electron chi connectivity index (χ2n) is 6.41. The number of nitrogens with zero attached hydrogens (tertiary/aromatic N) is 1. The van der Waals surface area contributed by atoms with Crippen LogP contribution in [0.5, 0.6) is 0 Å². The highest BCUT2D eigenvalue weighted by atomic mass is 32.2. The summed E-state index contributed by atoms with van der Waals surface area (Å²) < 4.78 is 27.9. The van der Waals surface area contributed by atoms with Gasteiger partial charge in [-0.2, -0.15) is 0 Å². The quantitative estimate of drug-likeness (QED) is 0.929. The predicted octanol–water partition coefficient (Wildman–Crippen LogP) is 2.91. The summed E-state index contributed by atoms with van der Waals surface area (Å²) in [6.07, 6.45) is 2.06. The minimum Gasteiger partial charge on any atom is -0.331 e. The van der Waals surface area contributed by atoms with E-state index in [0.29, 0.717) is 23.8 Å². The lowest BCUT2D eigenvalue weighted by Crippen LogP contribution is -2.25. The average molecular weight is 342 g/mol. The first-order valence-corrected chi connectivity index (χ1v) is 9.46. The monoisotopic (exact) mass is 342 g/mol. The Hall–Kier alpha value is -2.34. The standard InChI is InChI=1S/C18H18N2O3S/c1-12-5-9-14(10-6-12)24(22,23)19-17-4-2-3-15-16(17)11-20(18(15)21)13-7-8-13/h2-6,9-10,13,19H,7-8,11H2,1H3. The van der Waals surface area contributed by atoms with Gasteiger partial charge in [0.2, 0.25) is 0 Å². The van der Waals surface area contributed by atoms with Crippen LogP contribution in [0.3, 0.4) is 0 Å². The van der Waals surface area contributed by atoms with E-state index in [1.165, 1.54) is 0 Å². The Morgan fingerprint density at radius 3 is 2.46 bits per heavy atom. The fraction of sp³-hybridized carbons (Fsp3) is 0.278. The molecule has 124 valence electrons. The van der Waals surface area contributed by atoms with E-state index in [4.69, 9.17) is 0 Å². The highest BCUT2D eigenvalue weighted by molar-refractivity contribution is 7.92. The molecule has 1 aliphatic heterocycles. The summed E-state index contributed by atoms with van der Waals surface area (Å²) in [7, 11) is -3.67. The van der Waals surface area contributed by atoms with Crippen LogP contribution in [-0.4, -0.2) is 25.3 Å². The van der Waals surface area contributed by atoms with Crippen LogP contribution in [0.2, 0.25) is 0 Å². The number of anilines is 1. The number of nitrogens with one attached hydrogen (secondary N) is 1. The molecule has 24 heavy (non-hydrogen) atoms. The number of hydrogen-bond donors (Lipinski definition) is 1. The number of carbonyl (C=O) groups excluding carboxylic acids is 1. The van der Waals surface area contributed by atoms with Gasteiger partial charge < -0.3 is 4.90 Å². The Kier molecular flexibility index (Phi) is 3.38. The molecule has 1 saturated carbocycles. The van der Waals surface area contributed by atoms with Gasteiger partial charge in [-0.3, -0.25) is 9.52 Å². The Labute approximate surface area is 141 Å². The Morgan fingerprint density at radius 2 is 1.79 bits per heavy atom. The Balaban J connectivity index is 1.67. The summed E-state index contributed by atoms with van der Waals surface area (Å²) in [5.74, 6) is 0.00360. The van der Waals surface area contributed by atoms with E-state index in [-0.39, 0.29) is 10.8 Å². The minimum absolute atomic E-state index is 0.00360. The molecule has 0 radical (unpaired) electrons. The fourth-order valence-electron chi connectivity index (χ4n) is 3.05. The van der Waals surface area contributed by atoms with Gasteiger partial charge in [0.15, 0.2) is 0 Å². The predicted molar refractivity (Wildman–Crippen MR) is 91.3 cm³/mol. The Bertz CT molecular complexity index is 916. The molecule has 2 aliphatic rings. The van der Waals surface area contributed by atoms with E-state index < -0.39 is 10.0 Å². The van der Waals surface area contributed by atoms with Gasteiger partial charge in [-0.1, -0.05) is 23.8 Å². The molecule has 1 aliphatic carbocycles. The van der Waals surface area contributed by atoms with Crippen molar-refractivity contribution in [3.63, 3.8) is 0 Å². The lowest BCUT2D eigenvalue weighted by atomic mass is 10.1. The molecule has 2 aromatic rings. The molecule has 1 heterocycles. The van der Waals surface area contributed by atoms with Crippen LogP contribution < -0.4 is 4.72 Å². The van der Waals surface area contributed by atoms with E-state index in [2.05, 4.69) is 4.72 Å². The topological polar surface area (TPSA) is 66.5 Å². The third-order valence-corrected chi connectivity index (χ3v) is 5.94. The van der Waals surface area contributed by atoms with Crippen LogP contribution >= 0.6 is 0 Å². The molecule has 0 aromatic heterocycles. The molecule has 0 atom stereocenters. The average Bonchev–Trinajstić information content (AvgIpc) is 3.33. The summed E-state index contributed by atoms with van der Waals surface area (Å²) in [6.45, 7) is 2.39. The maximum Gasteiger partial charge on any atom is 0.261 e. The Morgan fingerprint density at radius 1 is 1.08 bits per heavy atom. The van der Waals surface area contributed by atoms with Crippen molar-refractivity contribution in [1.82, 2.24) is 4.90 Å². The SMILES string of the molecule is Cc1ccc(S(=O)(=O)Nc2cccc3c2CN(C2CC2)C3=O)cc1. The number of aryl methyl sites for hydroxylation is 1. The van der Waals surface area contributed by atoms with Crippen molar-refractivity contribution in [3.8, 4) is 0 Å². The van der Waals surface area contributed by atoms with Crippen LogP contribution in [-0.2, 0) is 16.6 Å². The van der Waals surface area contributed by atoms with Gasteiger partial charge in [0, 0.05) is 23.7 Å². The number of benzene rings is 2. The molecule has 0 bridgehead atoms. The zero-order valence-corrected chi connectivity index (χ0v) is 14.1. The van der Waals surface area contributed by atoms with Gasteiger partial charge in [-0.05, 0) is 44.0 Å². The van der Waals surface area contributed by atoms with Gasteiger partial charge in [0.05, 0.1) is 10.6 Å². The molecule has 1 amide bonds. The molecule has 4 rings (SSSR count). The van der Waals surface area contributed by atoms with Crippen molar-refractivity contribution in [2.45, 2.75) is 37.2 Å². The fourth-order valence-corrected chi connectivity index (χ4v) is 4.15. The first kappa shape index (κ1) is 15.2. The van der Waals surface area contributed by atoms with Crippen LogP contribution in [0.25, 0.3) is 0 Å². The van der Waals surface area contributed by atoms with Crippen molar-refractivity contribution in [1.29, 1.82) is 0 Å². The molecular weight excluding hydrogens is 324 g/mol. The highest BCUT2D eigenvalue weighted by Crippen LogP contribution is 2.37. The third-order valence-electron chi connectivity index (χ3n) is 4.56. The van der Waals surface area contributed by atoms with Crippen molar-refractivity contribution in [3.05, 3.63) is 59.2 Å². The van der Waals surface area contributed by atoms with E-state index in [0.717, 1.165) is 24.0 Å². The van der Waals surface area contributed by atoms with Crippen LogP contribution in [0.4, 0.5) is 5.69 Å². The van der Waals surface area contributed by atoms with Crippen LogP contribution in [0.1, 0.15) is 34.3 Å². The summed E-state index contributed by atoms with van der Waals surface area (Å²) in [6, 6.07) is 12.2. The number of fused-ring (bicyclic) bond motifs is 1. The van der Waals surface area contributed by atoms with Crippen LogP contribution in [0, 0.1) is 6.92 Å². The van der Waals surface area contributed by atoms with E-state index in [1.54, 1.807) is 42.5 Å². The van der Waals surface area contributed by atoms with Gasteiger partial charge in [0.25, 0.3) is 15.9 Å². The summed E-state index contributed by atoms with van der Waals surface area (Å²) in [5, 5.41) is 0. The van der Waals surface area contributed by atoms with Crippen molar-refractivity contribution in [2.75, 3.05) is 4.72 Å². The highest BCUT2D eigenvalue weighted by Gasteiger charge is 2.39. The molecular formula is C18H18N2O3S. The normalized spacial score (nSPS) is 17.0. The number of amides is 1. The molecule has 1 fully saturated rings. The zero-order valence-electron chi connectivity index (χ0n) is 13.3. The third kappa shape index (κ3) is 2.57. The largest absolute Gasteiger partial charge is 0.331 e. The second-order valence-corrected chi connectivity index (χ2v) is 8.10. The van der Waals surface area contributed by atoms with Gasteiger partial charge in [-0.15, -0.1) is 0 Å². The number of carbonyl (C=O) groups is 1. The molecule has 1 N–H and O–H groups in total. The summed E-state index contributed by atoms with van der Waals surface area (Å²) >= 11 is 0. The van der Waals surface area contributed by atoms with Gasteiger partial charge in [-0.25, -0.2) is 8.42 Å². The molecule has 6 heteroatoms. The zero-order chi connectivity index (χ0) is 16.9. The van der Waals surface area contributed by atoms with Crippen molar-refractivity contribution >= 4 is 21.6 Å². The summed E-state index contributed by atoms with van der Waals surface area (Å²) in [4.78, 5) is 14.5. The first-order valence-electron chi connectivity index (χ1n) is 7.98. The molecule has 5 nitrogen and oxygen atoms in total. The van der Waals surface area contributed by atoms with Crippen molar-refractivity contribution in [2.24, 2.45) is 0 Å². The smallest absolute Gasteiger partial charge is 0.261 e. The maximum atomic E-state index is 12.6. The number of sulfonamides is 1. The van der Waals surface area contributed by atoms with Crippen LogP contribution in [0.15, 0.2) is 47.4 Å². The molecule has 2 aromatic carbocycles. The molecule has 0 unspecified atom stereocenters. The first-order chi connectivity index (χ1) is 11.5. The van der Waals surface area contributed by atoms with E-state index in [9.17, 15) is 13.2 Å².